The third-order valence-corrected chi connectivity index (χ3v) is 8.72. The molecule has 0 saturated carbocycles. The minimum absolute atomic E-state index is 0.167. The zero-order chi connectivity index (χ0) is 21.4. The lowest BCUT2D eigenvalue weighted by molar-refractivity contribution is -0.150. The number of aromatic nitrogens is 1. The first-order chi connectivity index (χ1) is 14.3. The van der Waals surface area contributed by atoms with Crippen LogP contribution in [-0.2, 0) is 30.9 Å². The fourth-order valence-electron chi connectivity index (χ4n) is 3.88. The number of hydrogen-bond donors (Lipinski definition) is 1. The van der Waals surface area contributed by atoms with Gasteiger partial charge in [-0.15, -0.1) is 11.3 Å². The van der Waals surface area contributed by atoms with Gasteiger partial charge in [-0.25, -0.2) is 13.2 Å². The molecule has 30 heavy (non-hydrogen) atoms. The van der Waals surface area contributed by atoms with E-state index >= 15 is 0 Å². The number of pyridine rings is 1. The lowest BCUT2D eigenvalue weighted by Crippen LogP contribution is -2.50. The third kappa shape index (κ3) is 3.66. The molecule has 2 aromatic heterocycles. The number of sulfonamides is 1. The van der Waals surface area contributed by atoms with Crippen molar-refractivity contribution < 1.29 is 22.7 Å². The van der Waals surface area contributed by atoms with Gasteiger partial charge in [0.1, 0.15) is 9.81 Å². The largest absolute Gasteiger partial charge is 0.450 e. The van der Waals surface area contributed by atoms with Crippen LogP contribution in [0.2, 0.25) is 0 Å². The average molecular weight is 448 g/mol. The van der Waals surface area contributed by atoms with Crippen LogP contribution in [0.4, 0.5) is 0 Å². The van der Waals surface area contributed by atoms with E-state index < -0.39 is 21.6 Å². The molecule has 4 rings (SSSR count). The predicted molar refractivity (Wildman–Crippen MR) is 110 cm³/mol. The molecule has 10 heteroatoms. The van der Waals surface area contributed by atoms with Crippen molar-refractivity contribution in [1.82, 2.24) is 14.6 Å². The zero-order valence-electron chi connectivity index (χ0n) is 16.3. The third-order valence-electron chi connectivity index (χ3n) is 5.45. The number of piperidine rings is 1. The Morgan fingerprint density at radius 3 is 2.70 bits per heavy atom. The number of esters is 1. The summed E-state index contributed by atoms with van der Waals surface area (Å²) in [5.41, 5.74) is 0.305. The van der Waals surface area contributed by atoms with Crippen LogP contribution < -0.4 is 5.32 Å². The van der Waals surface area contributed by atoms with Crippen LogP contribution in [0.1, 0.15) is 25.3 Å². The second-order valence-corrected chi connectivity index (χ2v) is 10.4. The SMILES string of the molecule is CC1=C(C(=O)NCc2cccnc2)C2(CCN(S(=O)(=O)c3cccs3)CC2)OC1=O. The number of amides is 1. The molecule has 0 aromatic carbocycles. The van der Waals surface area contributed by atoms with E-state index in [4.69, 9.17) is 4.74 Å². The van der Waals surface area contributed by atoms with Crippen LogP contribution in [0.15, 0.2) is 57.4 Å². The van der Waals surface area contributed by atoms with Gasteiger partial charge in [0.15, 0.2) is 0 Å². The molecule has 1 spiro atoms. The summed E-state index contributed by atoms with van der Waals surface area (Å²) in [4.78, 5) is 29.3. The van der Waals surface area contributed by atoms with Gasteiger partial charge >= 0.3 is 5.97 Å². The highest BCUT2D eigenvalue weighted by Crippen LogP contribution is 2.42. The Bertz CT molecular complexity index is 1090. The van der Waals surface area contributed by atoms with Gasteiger partial charge in [-0.2, -0.15) is 4.31 Å². The molecular weight excluding hydrogens is 426 g/mol. The molecule has 2 aliphatic rings. The summed E-state index contributed by atoms with van der Waals surface area (Å²) in [6, 6.07) is 6.88. The second-order valence-electron chi connectivity index (χ2n) is 7.26. The molecule has 2 aromatic rings. The average Bonchev–Trinajstić information content (AvgIpc) is 3.36. The molecule has 0 radical (unpaired) electrons. The molecular formula is C20H21N3O5S2. The standard InChI is InChI=1S/C20H21N3O5S2/c1-14-17(18(24)22-13-15-4-2-8-21-12-15)20(28-19(14)25)6-9-23(10-7-20)30(26,27)16-5-3-11-29-16/h2-5,8,11-12H,6-7,9-10,13H2,1H3,(H,22,24). The highest BCUT2D eigenvalue weighted by atomic mass is 32.2. The lowest BCUT2D eigenvalue weighted by Gasteiger charge is -2.38. The molecule has 0 aliphatic carbocycles. The maximum absolute atomic E-state index is 13.0. The van der Waals surface area contributed by atoms with Crippen molar-refractivity contribution in [1.29, 1.82) is 0 Å². The summed E-state index contributed by atoms with van der Waals surface area (Å²) in [6.07, 6.45) is 3.77. The molecule has 0 bridgehead atoms. The highest BCUT2D eigenvalue weighted by molar-refractivity contribution is 7.91. The number of carbonyl (C=O) groups excluding carboxylic acids is 2. The molecule has 1 fully saturated rings. The molecule has 8 nitrogen and oxygen atoms in total. The van der Waals surface area contributed by atoms with Crippen LogP contribution >= 0.6 is 11.3 Å². The van der Waals surface area contributed by atoms with Crippen molar-refractivity contribution in [3.63, 3.8) is 0 Å². The zero-order valence-corrected chi connectivity index (χ0v) is 18.0. The van der Waals surface area contributed by atoms with Gasteiger partial charge in [0.05, 0.1) is 5.57 Å². The van der Waals surface area contributed by atoms with Crippen molar-refractivity contribution in [2.45, 2.75) is 36.1 Å². The van der Waals surface area contributed by atoms with Crippen molar-refractivity contribution in [3.05, 3.63) is 58.7 Å². The van der Waals surface area contributed by atoms with Gasteiger partial charge in [0.25, 0.3) is 15.9 Å². The van der Waals surface area contributed by atoms with E-state index in [0.29, 0.717) is 5.57 Å². The van der Waals surface area contributed by atoms with Gasteiger partial charge in [0, 0.05) is 50.4 Å². The van der Waals surface area contributed by atoms with E-state index in [2.05, 4.69) is 10.3 Å². The molecule has 0 unspecified atom stereocenters. The summed E-state index contributed by atoms with van der Waals surface area (Å²) >= 11 is 1.16. The number of nitrogens with zero attached hydrogens (tertiary/aromatic N) is 2. The molecule has 0 atom stereocenters. The number of thiophene rings is 1. The van der Waals surface area contributed by atoms with Crippen molar-refractivity contribution in [3.8, 4) is 0 Å². The van der Waals surface area contributed by atoms with Gasteiger partial charge in [-0.1, -0.05) is 12.1 Å². The first-order valence-corrected chi connectivity index (χ1v) is 11.8. The van der Waals surface area contributed by atoms with Crippen LogP contribution in [0, 0.1) is 0 Å². The second kappa shape index (κ2) is 7.93. The summed E-state index contributed by atoms with van der Waals surface area (Å²) < 4.78 is 32.9. The van der Waals surface area contributed by atoms with Gasteiger partial charge in [-0.05, 0) is 30.0 Å². The van der Waals surface area contributed by atoms with E-state index in [-0.39, 0.29) is 48.2 Å². The minimum atomic E-state index is -3.59. The van der Waals surface area contributed by atoms with E-state index in [0.717, 1.165) is 16.9 Å². The highest BCUT2D eigenvalue weighted by Gasteiger charge is 2.52. The maximum atomic E-state index is 13.0. The Morgan fingerprint density at radius 2 is 2.07 bits per heavy atom. The van der Waals surface area contributed by atoms with E-state index in [1.54, 1.807) is 42.9 Å². The molecule has 4 heterocycles. The molecule has 158 valence electrons. The van der Waals surface area contributed by atoms with Crippen LogP contribution in [0.3, 0.4) is 0 Å². The number of rotatable bonds is 5. The van der Waals surface area contributed by atoms with E-state index in [1.807, 2.05) is 6.07 Å². The monoisotopic (exact) mass is 447 g/mol. The quantitative estimate of drug-likeness (QED) is 0.702. The van der Waals surface area contributed by atoms with Crippen LogP contribution in [0.5, 0.6) is 0 Å². The first-order valence-electron chi connectivity index (χ1n) is 9.49. The predicted octanol–water partition coefficient (Wildman–Crippen LogP) is 1.86. The van der Waals surface area contributed by atoms with Gasteiger partial charge < -0.3 is 10.1 Å². The molecule has 1 saturated heterocycles. The maximum Gasteiger partial charge on any atom is 0.335 e. The number of hydrogen-bond acceptors (Lipinski definition) is 7. The molecule has 2 aliphatic heterocycles. The summed E-state index contributed by atoms with van der Waals surface area (Å²) in [5, 5.41) is 4.54. The Kier molecular flexibility index (Phi) is 5.48. The first kappa shape index (κ1) is 20.7. The summed E-state index contributed by atoms with van der Waals surface area (Å²) in [5.74, 6) is -0.909. The Labute approximate surface area is 178 Å². The minimum Gasteiger partial charge on any atom is -0.450 e. The number of nitrogens with one attached hydrogen (secondary N) is 1. The smallest absolute Gasteiger partial charge is 0.335 e. The summed E-state index contributed by atoms with van der Waals surface area (Å²) in [7, 11) is -3.59. The molecule has 1 N–H and O–H groups in total. The Hall–Kier alpha value is -2.56. The fraction of sp³-hybridized carbons (Fsp3) is 0.350. The van der Waals surface area contributed by atoms with Crippen LogP contribution in [-0.4, -0.2) is 48.3 Å². The Balaban J connectivity index is 1.51. The Morgan fingerprint density at radius 1 is 1.30 bits per heavy atom. The topological polar surface area (TPSA) is 106 Å². The normalized spacial score (nSPS) is 19.2. The lowest BCUT2D eigenvalue weighted by atomic mass is 9.83. The fourth-order valence-corrected chi connectivity index (χ4v) is 6.46. The van der Waals surface area contributed by atoms with E-state index in [9.17, 15) is 18.0 Å². The number of ether oxygens (including phenoxy) is 1. The van der Waals surface area contributed by atoms with Crippen molar-refractivity contribution in [2.24, 2.45) is 0 Å². The van der Waals surface area contributed by atoms with Crippen LogP contribution in [0.25, 0.3) is 0 Å². The number of carbonyl (C=O) groups is 2. The van der Waals surface area contributed by atoms with E-state index in [1.165, 1.54) is 4.31 Å². The van der Waals surface area contributed by atoms with Crippen molar-refractivity contribution in [2.75, 3.05) is 13.1 Å². The van der Waals surface area contributed by atoms with Crippen molar-refractivity contribution >= 4 is 33.2 Å². The van der Waals surface area contributed by atoms with Gasteiger partial charge in [0.2, 0.25) is 0 Å². The van der Waals surface area contributed by atoms with Gasteiger partial charge in [-0.3, -0.25) is 9.78 Å². The summed E-state index contributed by atoms with van der Waals surface area (Å²) in [6.45, 7) is 2.18. The molecule has 1 amide bonds.